The number of carbonyl (C=O) groups excluding carboxylic acids is 7. The van der Waals surface area contributed by atoms with Gasteiger partial charge in [-0.3, -0.25) is 38.6 Å². The van der Waals surface area contributed by atoms with Gasteiger partial charge in [0.1, 0.15) is 42.6 Å². The third-order valence-corrected chi connectivity index (χ3v) is 11.0. The summed E-state index contributed by atoms with van der Waals surface area (Å²) in [7, 11) is 0. The molecular formula is C44H65N11O12. The number of hydrogen-bond donors (Lipinski definition) is 12. The summed E-state index contributed by atoms with van der Waals surface area (Å²) in [6.45, 7) is 4.29. The molecule has 0 spiro atoms. The van der Waals surface area contributed by atoms with Crippen LogP contribution in [-0.2, 0) is 56.1 Å². The minimum atomic E-state index is -1.70. The molecule has 1 aliphatic rings. The zero-order chi connectivity index (χ0) is 49.8. The van der Waals surface area contributed by atoms with Crippen molar-refractivity contribution >= 4 is 53.3 Å². The molecule has 23 heteroatoms. The van der Waals surface area contributed by atoms with Crippen molar-refractivity contribution in [2.45, 2.75) is 133 Å². The highest BCUT2D eigenvalue weighted by atomic mass is 16.5. The summed E-state index contributed by atoms with van der Waals surface area (Å²) in [5.41, 5.74) is 23.4. The standard InChI is InChI=1S/C44H65N11O12/c1-24-21-34(42(65)55(24)25(2)37(46)60)53-39(62)31(16-17-35(58)59)49-20-18-32(43(66)67-23-28-9-5-4-6-10-28)51-41(64)36(26(3)56)54-40(63)33(22-27-12-14-29(57)15-13-27)52-38(61)30(45)11-7-8-19-50-44(47)48/h4-6,9-10,12-15,24-26,30-34,36,49,56-57H,7-8,11,16-23,45H2,1-3H3,(H2,46,60)(H,51,64)(H,52,61)(H,53,62)(H,54,63)(H,58,59)(H4,47,48,50)/t24?,25-,26-,30-,31-,32-,33-,34-,36-/m1/s1. The molecule has 67 heavy (non-hydrogen) atoms. The van der Waals surface area contributed by atoms with E-state index in [-0.39, 0.29) is 57.0 Å². The van der Waals surface area contributed by atoms with E-state index in [0.717, 1.165) is 0 Å². The number of ether oxygens (including phenoxy) is 1. The number of amides is 6. The largest absolute Gasteiger partial charge is 0.508 e. The minimum absolute atomic E-state index is 0.0480. The summed E-state index contributed by atoms with van der Waals surface area (Å²) in [5.74, 6) is -6.89. The van der Waals surface area contributed by atoms with Crippen LogP contribution in [0.1, 0.15) is 76.8 Å². The number of benzene rings is 2. The van der Waals surface area contributed by atoms with Crippen molar-refractivity contribution in [3.05, 3.63) is 65.7 Å². The molecular weight excluding hydrogens is 875 g/mol. The normalized spacial score (nSPS) is 17.6. The van der Waals surface area contributed by atoms with Gasteiger partial charge in [0.15, 0.2) is 5.96 Å². The van der Waals surface area contributed by atoms with Gasteiger partial charge in [-0.1, -0.05) is 42.5 Å². The lowest BCUT2D eigenvalue weighted by atomic mass is 10.0. The van der Waals surface area contributed by atoms with Gasteiger partial charge in [-0.05, 0) is 89.1 Å². The zero-order valence-electron chi connectivity index (χ0n) is 37.9. The van der Waals surface area contributed by atoms with Crippen LogP contribution in [0.4, 0.5) is 0 Å². The van der Waals surface area contributed by atoms with E-state index in [2.05, 4.69) is 31.6 Å². The maximum Gasteiger partial charge on any atom is 0.329 e. The number of hydrogen-bond acceptors (Lipinski definition) is 14. The molecule has 9 atom stereocenters. The number of aliphatic imine (C=N–C) groups is 1. The van der Waals surface area contributed by atoms with Crippen molar-refractivity contribution in [1.29, 1.82) is 0 Å². The lowest BCUT2D eigenvalue weighted by Gasteiger charge is -2.27. The second kappa shape index (κ2) is 26.9. The maximum atomic E-state index is 14.0. The smallest absolute Gasteiger partial charge is 0.329 e. The molecule has 0 aromatic heterocycles. The molecule has 0 bridgehead atoms. The van der Waals surface area contributed by atoms with E-state index in [9.17, 15) is 53.7 Å². The van der Waals surface area contributed by atoms with E-state index < -0.39 is 108 Å². The molecule has 1 heterocycles. The lowest BCUT2D eigenvalue weighted by Crippen LogP contribution is -2.60. The highest BCUT2D eigenvalue weighted by Crippen LogP contribution is 2.22. The van der Waals surface area contributed by atoms with E-state index in [1.807, 2.05) is 0 Å². The Morgan fingerprint density at radius 3 is 2.09 bits per heavy atom. The molecule has 368 valence electrons. The average Bonchev–Trinajstić information content (AvgIpc) is 3.55. The summed E-state index contributed by atoms with van der Waals surface area (Å²) >= 11 is 0. The second-order valence-corrected chi connectivity index (χ2v) is 16.4. The summed E-state index contributed by atoms with van der Waals surface area (Å²) in [5, 5.41) is 43.2. The molecule has 0 saturated carbocycles. The monoisotopic (exact) mass is 939 g/mol. The van der Waals surface area contributed by atoms with E-state index in [4.69, 9.17) is 27.7 Å². The number of primary amides is 1. The maximum absolute atomic E-state index is 14.0. The van der Waals surface area contributed by atoms with Crippen molar-refractivity contribution in [2.24, 2.45) is 27.9 Å². The van der Waals surface area contributed by atoms with E-state index in [1.165, 1.54) is 43.0 Å². The van der Waals surface area contributed by atoms with Gasteiger partial charge in [0.05, 0.1) is 18.2 Å². The van der Waals surface area contributed by atoms with Gasteiger partial charge in [0.2, 0.25) is 35.4 Å². The number of esters is 1. The van der Waals surface area contributed by atoms with Crippen molar-refractivity contribution < 1.29 is 58.4 Å². The third kappa shape index (κ3) is 18.2. The zero-order valence-corrected chi connectivity index (χ0v) is 37.9. The Bertz CT molecular complexity index is 2040. The van der Waals surface area contributed by atoms with Gasteiger partial charge in [-0.25, -0.2) is 4.79 Å². The van der Waals surface area contributed by atoms with Gasteiger partial charge in [0.25, 0.3) is 0 Å². The van der Waals surface area contributed by atoms with E-state index >= 15 is 0 Å². The van der Waals surface area contributed by atoms with Crippen LogP contribution in [0.25, 0.3) is 0 Å². The molecule has 2 aromatic rings. The Morgan fingerprint density at radius 2 is 1.48 bits per heavy atom. The first-order valence-corrected chi connectivity index (χ1v) is 21.9. The van der Waals surface area contributed by atoms with Gasteiger partial charge < -0.3 is 74.5 Å². The number of guanidine groups is 1. The van der Waals surface area contributed by atoms with Crippen LogP contribution < -0.4 is 49.5 Å². The number of aliphatic hydroxyl groups excluding tert-OH is 1. The van der Waals surface area contributed by atoms with Crippen LogP contribution in [0.2, 0.25) is 0 Å². The molecule has 16 N–H and O–H groups in total. The predicted octanol–water partition coefficient (Wildman–Crippen LogP) is -2.52. The van der Waals surface area contributed by atoms with Gasteiger partial charge in [-0.15, -0.1) is 0 Å². The van der Waals surface area contributed by atoms with Gasteiger partial charge in [-0.2, -0.15) is 0 Å². The topological polar surface area (TPSA) is 386 Å². The fourth-order valence-electron chi connectivity index (χ4n) is 7.22. The Labute approximate surface area is 388 Å². The molecule has 0 radical (unpaired) electrons. The van der Waals surface area contributed by atoms with Gasteiger partial charge in [0, 0.05) is 25.4 Å². The SMILES string of the molecule is CC1C[C@@H](NC(=O)[C@@H](CCC(=O)O)NCC[C@@H](NC(=O)[C@H](NC(=O)[C@@H](Cc2ccc(O)cc2)NC(=O)[C@H](N)CCCCN=C(N)N)[C@@H](C)O)C(=O)OCc2ccccc2)C(=O)N1[C@H](C)C(N)=O. The highest BCUT2D eigenvalue weighted by molar-refractivity contribution is 5.95. The number of aromatic hydroxyl groups is 1. The van der Waals surface area contributed by atoms with Gasteiger partial charge >= 0.3 is 11.9 Å². The first kappa shape index (κ1) is 54.5. The van der Waals surface area contributed by atoms with Crippen LogP contribution in [-0.4, -0.2) is 141 Å². The summed E-state index contributed by atoms with van der Waals surface area (Å²) < 4.78 is 5.53. The van der Waals surface area contributed by atoms with E-state index in [0.29, 0.717) is 30.5 Å². The molecule has 1 fully saturated rings. The van der Waals surface area contributed by atoms with Crippen LogP contribution in [0.15, 0.2) is 59.6 Å². The van der Waals surface area contributed by atoms with Crippen molar-refractivity contribution in [3.63, 3.8) is 0 Å². The molecule has 23 nitrogen and oxygen atoms in total. The summed E-state index contributed by atoms with van der Waals surface area (Å²) in [4.78, 5) is 110. The molecule has 1 saturated heterocycles. The van der Waals surface area contributed by atoms with Crippen LogP contribution in [0, 0.1) is 0 Å². The third-order valence-electron chi connectivity index (χ3n) is 11.0. The van der Waals surface area contributed by atoms with Crippen LogP contribution in [0.3, 0.4) is 0 Å². The predicted molar refractivity (Wildman–Crippen MR) is 243 cm³/mol. The van der Waals surface area contributed by atoms with Crippen LogP contribution in [0.5, 0.6) is 5.75 Å². The van der Waals surface area contributed by atoms with E-state index in [1.54, 1.807) is 37.3 Å². The number of aliphatic hydroxyl groups is 1. The number of unbranched alkanes of at least 4 members (excludes halogenated alkanes) is 1. The Hall–Kier alpha value is -6.85. The lowest BCUT2D eigenvalue weighted by molar-refractivity contribution is -0.150. The number of rotatable bonds is 28. The molecule has 3 rings (SSSR count). The number of nitrogens with zero attached hydrogens (tertiary/aromatic N) is 2. The second-order valence-electron chi connectivity index (χ2n) is 16.4. The van der Waals surface area contributed by atoms with Crippen molar-refractivity contribution in [2.75, 3.05) is 13.1 Å². The highest BCUT2D eigenvalue weighted by Gasteiger charge is 2.42. The first-order chi connectivity index (χ1) is 31.7. The fourth-order valence-corrected chi connectivity index (χ4v) is 7.22. The number of phenols is 1. The number of aliphatic carboxylic acids is 1. The number of nitrogens with two attached hydrogens (primary N) is 4. The summed E-state index contributed by atoms with van der Waals surface area (Å²) in [6, 6.07) is 5.22. The molecule has 1 unspecified atom stereocenters. The number of likely N-dealkylation sites (tertiary alicyclic amines) is 1. The Balaban J connectivity index is 1.80. The van der Waals surface area contributed by atoms with Crippen LogP contribution >= 0.6 is 0 Å². The molecule has 1 aliphatic heterocycles. The Morgan fingerprint density at radius 1 is 0.821 bits per heavy atom. The molecule has 0 aliphatic carbocycles. The van der Waals surface area contributed by atoms with Crippen molar-refractivity contribution in [3.8, 4) is 5.75 Å². The summed E-state index contributed by atoms with van der Waals surface area (Å²) in [6.07, 6.45) is -1.28. The first-order valence-electron chi connectivity index (χ1n) is 21.9. The minimum Gasteiger partial charge on any atom is -0.508 e. The number of phenolic OH excluding ortho intramolecular Hbond substituents is 1. The number of carboxylic acids is 1. The number of carbonyl (C=O) groups is 8. The molecule has 2 aromatic carbocycles. The quantitative estimate of drug-likeness (QED) is 0.0181. The molecule has 6 amide bonds. The fraction of sp³-hybridized carbons (Fsp3) is 0.523. The number of nitrogens with one attached hydrogen (secondary N) is 5. The number of carboxylic acid groups (broad SMARTS) is 1. The Kier molecular flexibility index (Phi) is 21.9. The van der Waals surface area contributed by atoms with Crippen molar-refractivity contribution in [1.82, 2.24) is 31.5 Å². The average molecular weight is 940 g/mol.